The fraction of sp³-hybridized carbons (Fsp3) is 0.0882. The Bertz CT molecular complexity index is 1590. The van der Waals surface area contributed by atoms with Crippen LogP contribution < -0.4 is 4.74 Å². The zero-order valence-corrected chi connectivity index (χ0v) is 21.8. The largest absolute Gasteiger partial charge is 0.497 e. The van der Waals surface area contributed by atoms with Gasteiger partial charge in [0.25, 0.3) is 0 Å². The van der Waals surface area contributed by atoms with E-state index >= 15 is 0 Å². The SMILES string of the molecule is COc1ccc(N=C(c2ccccc2)c2cccc(C(=Nc3ccc(C)cc3C)c3ccccc3)n2)cc1. The van der Waals surface area contributed by atoms with Crippen molar-refractivity contribution in [1.82, 2.24) is 4.98 Å². The van der Waals surface area contributed by atoms with Gasteiger partial charge in [-0.25, -0.2) is 15.0 Å². The standard InChI is InChI=1S/C34H29N3O/c1-24-17-22-30(25(2)23-24)37-34(27-13-8-5-9-14-27)32-16-10-15-31(36-32)33(26-11-6-4-7-12-26)35-28-18-20-29(38-3)21-19-28/h4-23H,1-3H3. The van der Waals surface area contributed by atoms with E-state index in [-0.39, 0.29) is 0 Å². The molecule has 0 saturated heterocycles. The molecule has 0 bridgehead atoms. The van der Waals surface area contributed by atoms with Crippen LogP contribution in [-0.2, 0) is 0 Å². The van der Waals surface area contributed by atoms with E-state index in [1.54, 1.807) is 7.11 Å². The summed E-state index contributed by atoms with van der Waals surface area (Å²) in [6, 6.07) is 40.4. The Balaban J connectivity index is 1.65. The van der Waals surface area contributed by atoms with Crippen LogP contribution in [0.2, 0.25) is 0 Å². The van der Waals surface area contributed by atoms with Crippen molar-refractivity contribution in [3.63, 3.8) is 0 Å². The minimum Gasteiger partial charge on any atom is -0.497 e. The summed E-state index contributed by atoms with van der Waals surface area (Å²) < 4.78 is 5.32. The normalized spacial score (nSPS) is 11.9. The van der Waals surface area contributed by atoms with Gasteiger partial charge in [0.15, 0.2) is 0 Å². The monoisotopic (exact) mass is 495 g/mol. The number of methoxy groups -OCH3 is 1. The van der Waals surface area contributed by atoms with Gasteiger partial charge >= 0.3 is 0 Å². The lowest BCUT2D eigenvalue weighted by Gasteiger charge is -2.12. The Labute approximate surface area is 224 Å². The number of aryl methyl sites for hydroxylation is 2. The molecule has 0 radical (unpaired) electrons. The molecule has 38 heavy (non-hydrogen) atoms. The average Bonchev–Trinajstić information content (AvgIpc) is 2.97. The summed E-state index contributed by atoms with van der Waals surface area (Å²) >= 11 is 0. The van der Waals surface area contributed by atoms with E-state index in [4.69, 9.17) is 19.7 Å². The first kappa shape index (κ1) is 24.8. The quantitative estimate of drug-likeness (QED) is 0.214. The molecule has 0 atom stereocenters. The van der Waals surface area contributed by atoms with Crippen molar-refractivity contribution < 1.29 is 4.74 Å². The molecular formula is C34H29N3O. The Morgan fingerprint density at radius 2 is 1.18 bits per heavy atom. The first-order valence-electron chi connectivity index (χ1n) is 12.6. The van der Waals surface area contributed by atoms with Gasteiger partial charge in [0.1, 0.15) is 5.75 Å². The van der Waals surface area contributed by atoms with E-state index in [1.807, 2.05) is 78.9 Å². The molecule has 1 heterocycles. The highest BCUT2D eigenvalue weighted by Crippen LogP contribution is 2.24. The lowest BCUT2D eigenvalue weighted by Crippen LogP contribution is -2.11. The smallest absolute Gasteiger partial charge is 0.119 e. The van der Waals surface area contributed by atoms with Gasteiger partial charge in [0.2, 0.25) is 0 Å². The number of rotatable bonds is 7. The molecule has 0 amide bonds. The first-order chi connectivity index (χ1) is 18.6. The number of hydrogen-bond donors (Lipinski definition) is 0. The summed E-state index contributed by atoms with van der Waals surface area (Å²) in [6.45, 7) is 4.18. The second kappa shape index (κ2) is 11.5. The van der Waals surface area contributed by atoms with E-state index in [9.17, 15) is 0 Å². The first-order valence-corrected chi connectivity index (χ1v) is 12.6. The molecule has 4 aromatic carbocycles. The van der Waals surface area contributed by atoms with E-state index in [1.165, 1.54) is 5.56 Å². The minimum atomic E-state index is 0.772. The average molecular weight is 496 g/mol. The summed E-state index contributed by atoms with van der Waals surface area (Å²) in [7, 11) is 1.66. The molecule has 0 fully saturated rings. The Hall–Kier alpha value is -4.83. The number of benzene rings is 4. The highest BCUT2D eigenvalue weighted by Gasteiger charge is 2.14. The number of ether oxygens (including phenoxy) is 1. The van der Waals surface area contributed by atoms with E-state index in [2.05, 4.69) is 56.3 Å². The third kappa shape index (κ3) is 5.76. The van der Waals surface area contributed by atoms with Crippen LogP contribution in [0.5, 0.6) is 5.75 Å². The molecule has 0 unspecified atom stereocenters. The molecule has 5 rings (SSSR count). The minimum absolute atomic E-state index is 0.772. The maximum atomic E-state index is 5.32. The predicted molar refractivity (Wildman–Crippen MR) is 157 cm³/mol. The van der Waals surface area contributed by atoms with Crippen molar-refractivity contribution in [3.8, 4) is 5.75 Å². The van der Waals surface area contributed by atoms with Gasteiger partial charge in [-0.2, -0.15) is 0 Å². The number of nitrogens with zero attached hydrogens (tertiary/aromatic N) is 3. The van der Waals surface area contributed by atoms with Crippen LogP contribution in [0.4, 0.5) is 11.4 Å². The van der Waals surface area contributed by atoms with Crippen molar-refractivity contribution in [3.05, 3.63) is 155 Å². The van der Waals surface area contributed by atoms with Crippen LogP contribution in [0.1, 0.15) is 33.6 Å². The molecule has 5 aromatic rings. The van der Waals surface area contributed by atoms with Gasteiger partial charge in [0.05, 0.1) is 41.3 Å². The van der Waals surface area contributed by atoms with Crippen LogP contribution in [-0.4, -0.2) is 23.5 Å². The Kier molecular flexibility index (Phi) is 7.51. The van der Waals surface area contributed by atoms with Crippen molar-refractivity contribution in [1.29, 1.82) is 0 Å². The molecule has 0 saturated carbocycles. The van der Waals surface area contributed by atoms with Gasteiger partial charge in [-0.1, -0.05) is 84.4 Å². The van der Waals surface area contributed by atoms with E-state index in [0.717, 1.165) is 56.6 Å². The van der Waals surface area contributed by atoms with Gasteiger partial charge in [-0.05, 0) is 61.9 Å². The van der Waals surface area contributed by atoms with Crippen LogP contribution in [0.15, 0.2) is 131 Å². The summed E-state index contributed by atoms with van der Waals surface area (Å²) in [4.78, 5) is 15.2. The third-order valence-electron chi connectivity index (χ3n) is 6.23. The lowest BCUT2D eigenvalue weighted by atomic mass is 10.0. The highest BCUT2D eigenvalue weighted by molar-refractivity contribution is 6.15. The lowest BCUT2D eigenvalue weighted by molar-refractivity contribution is 0.415. The molecule has 4 heteroatoms. The molecule has 0 spiro atoms. The van der Waals surface area contributed by atoms with Crippen LogP contribution in [0.3, 0.4) is 0 Å². The molecular weight excluding hydrogens is 466 g/mol. The van der Waals surface area contributed by atoms with Gasteiger partial charge in [-0.15, -0.1) is 0 Å². The van der Waals surface area contributed by atoms with Crippen molar-refractivity contribution in [2.24, 2.45) is 9.98 Å². The van der Waals surface area contributed by atoms with Gasteiger partial charge in [-0.3, -0.25) is 0 Å². The zero-order valence-electron chi connectivity index (χ0n) is 21.8. The fourth-order valence-electron chi connectivity index (χ4n) is 4.27. The molecule has 0 aliphatic heterocycles. The fourth-order valence-corrected chi connectivity index (χ4v) is 4.27. The molecule has 0 aliphatic rings. The molecule has 4 nitrogen and oxygen atoms in total. The molecule has 186 valence electrons. The number of hydrogen-bond acceptors (Lipinski definition) is 4. The Morgan fingerprint density at radius 1 is 0.605 bits per heavy atom. The van der Waals surface area contributed by atoms with Crippen LogP contribution in [0, 0.1) is 13.8 Å². The van der Waals surface area contributed by atoms with Crippen molar-refractivity contribution in [2.45, 2.75) is 13.8 Å². The van der Waals surface area contributed by atoms with Crippen LogP contribution >= 0.6 is 0 Å². The zero-order chi connectivity index (χ0) is 26.3. The Morgan fingerprint density at radius 3 is 1.74 bits per heavy atom. The van der Waals surface area contributed by atoms with Gasteiger partial charge < -0.3 is 4.74 Å². The summed E-state index contributed by atoms with van der Waals surface area (Å²) in [5.74, 6) is 0.792. The van der Waals surface area contributed by atoms with Crippen molar-refractivity contribution >= 4 is 22.8 Å². The van der Waals surface area contributed by atoms with E-state index < -0.39 is 0 Å². The second-order valence-electron chi connectivity index (χ2n) is 9.05. The predicted octanol–water partition coefficient (Wildman–Crippen LogP) is 8.05. The summed E-state index contributed by atoms with van der Waals surface area (Å²) in [5.41, 5.74) is 9.24. The molecule has 0 aliphatic carbocycles. The summed E-state index contributed by atoms with van der Waals surface area (Å²) in [5, 5.41) is 0. The maximum Gasteiger partial charge on any atom is 0.119 e. The second-order valence-corrected chi connectivity index (χ2v) is 9.05. The number of pyridine rings is 1. The number of aromatic nitrogens is 1. The van der Waals surface area contributed by atoms with Crippen LogP contribution in [0.25, 0.3) is 0 Å². The third-order valence-corrected chi connectivity index (χ3v) is 6.23. The van der Waals surface area contributed by atoms with Crippen molar-refractivity contribution in [2.75, 3.05) is 7.11 Å². The summed E-state index contributed by atoms with van der Waals surface area (Å²) in [6.07, 6.45) is 0. The topological polar surface area (TPSA) is 46.8 Å². The molecule has 0 N–H and O–H groups in total. The highest BCUT2D eigenvalue weighted by atomic mass is 16.5. The van der Waals surface area contributed by atoms with Gasteiger partial charge in [0, 0.05) is 11.1 Å². The van der Waals surface area contributed by atoms with E-state index in [0.29, 0.717) is 0 Å². The molecule has 1 aromatic heterocycles. The number of aliphatic imine (C=N–C) groups is 2. The maximum absolute atomic E-state index is 5.32.